The van der Waals surface area contributed by atoms with E-state index in [9.17, 15) is 5.11 Å². The van der Waals surface area contributed by atoms with Crippen LogP contribution >= 0.6 is 0 Å². The van der Waals surface area contributed by atoms with Crippen molar-refractivity contribution >= 4 is 5.69 Å². The number of hydrogen-bond acceptors (Lipinski definition) is 4. The van der Waals surface area contributed by atoms with Crippen molar-refractivity contribution in [2.75, 3.05) is 51.4 Å². The highest BCUT2D eigenvalue weighted by Gasteiger charge is 2.37. The van der Waals surface area contributed by atoms with Gasteiger partial charge in [-0.3, -0.25) is 4.90 Å². The van der Waals surface area contributed by atoms with E-state index in [-0.39, 0.29) is 12.0 Å². The molecule has 24 heavy (non-hydrogen) atoms. The fourth-order valence-corrected chi connectivity index (χ4v) is 4.42. The molecule has 2 saturated heterocycles. The molecule has 4 heteroatoms. The molecule has 4 nitrogen and oxygen atoms in total. The van der Waals surface area contributed by atoms with E-state index in [2.05, 4.69) is 40.1 Å². The van der Waals surface area contributed by atoms with Crippen LogP contribution in [0.4, 0.5) is 5.69 Å². The Labute approximate surface area is 146 Å². The summed E-state index contributed by atoms with van der Waals surface area (Å²) in [6.07, 6.45) is 5.75. The fraction of sp³-hybridized carbons (Fsp3) is 0.700. The number of aliphatic hydroxyl groups is 1. The van der Waals surface area contributed by atoms with Gasteiger partial charge in [0.2, 0.25) is 0 Å². The number of para-hydroxylation sites is 1. The molecule has 0 amide bonds. The monoisotopic (exact) mass is 332 g/mol. The Kier molecular flexibility index (Phi) is 6.14. The van der Waals surface area contributed by atoms with Gasteiger partial charge >= 0.3 is 0 Å². The zero-order valence-electron chi connectivity index (χ0n) is 15.0. The van der Waals surface area contributed by atoms with Crippen molar-refractivity contribution in [2.45, 2.75) is 38.1 Å². The zero-order chi connectivity index (χ0) is 16.8. The van der Waals surface area contributed by atoms with Crippen molar-refractivity contribution in [3.63, 3.8) is 0 Å². The predicted octanol–water partition coefficient (Wildman–Crippen LogP) is 2.77. The lowest BCUT2D eigenvalue weighted by Crippen LogP contribution is -2.53. The average molecular weight is 332 g/mol. The van der Waals surface area contributed by atoms with Crippen LogP contribution in [0.25, 0.3) is 0 Å². The Morgan fingerprint density at radius 1 is 1.17 bits per heavy atom. The summed E-state index contributed by atoms with van der Waals surface area (Å²) in [5.41, 5.74) is 1.39. The third-order valence-electron chi connectivity index (χ3n) is 5.97. The first-order valence-corrected chi connectivity index (χ1v) is 9.40. The number of hydrogen-bond donors (Lipinski definition) is 1. The predicted molar refractivity (Wildman–Crippen MR) is 98.5 cm³/mol. The van der Waals surface area contributed by atoms with Crippen LogP contribution in [0.2, 0.25) is 0 Å². The summed E-state index contributed by atoms with van der Waals surface area (Å²) < 4.78 is 5.28. The third kappa shape index (κ3) is 4.11. The van der Waals surface area contributed by atoms with E-state index >= 15 is 0 Å². The van der Waals surface area contributed by atoms with E-state index in [1.807, 2.05) is 0 Å². The average Bonchev–Trinajstić information content (AvgIpc) is 2.67. The normalized spacial score (nSPS) is 26.7. The molecule has 1 aromatic carbocycles. The first-order valence-electron chi connectivity index (χ1n) is 9.40. The lowest BCUT2D eigenvalue weighted by molar-refractivity contribution is -0.0118. The molecular formula is C20H32N2O2. The molecule has 0 aromatic heterocycles. The van der Waals surface area contributed by atoms with Gasteiger partial charge in [0, 0.05) is 50.5 Å². The number of ether oxygens (including phenoxy) is 1. The number of methoxy groups -OCH3 is 1. The molecular weight excluding hydrogens is 300 g/mol. The van der Waals surface area contributed by atoms with Crippen LogP contribution in [-0.2, 0) is 4.74 Å². The Balaban J connectivity index is 1.56. The largest absolute Gasteiger partial charge is 0.396 e. The smallest absolute Gasteiger partial charge is 0.0500 e. The first-order chi connectivity index (χ1) is 11.8. The highest BCUT2D eigenvalue weighted by Crippen LogP contribution is 2.35. The van der Waals surface area contributed by atoms with Gasteiger partial charge in [0.05, 0.1) is 6.61 Å². The molecule has 2 aliphatic rings. The highest BCUT2D eigenvalue weighted by atomic mass is 16.5. The van der Waals surface area contributed by atoms with Crippen LogP contribution in [0.3, 0.4) is 0 Å². The quantitative estimate of drug-likeness (QED) is 0.869. The summed E-state index contributed by atoms with van der Waals surface area (Å²) in [6, 6.07) is 11.4. The molecule has 0 bridgehead atoms. The van der Waals surface area contributed by atoms with Crippen LogP contribution in [0.5, 0.6) is 0 Å². The van der Waals surface area contributed by atoms with Crippen LogP contribution in [0, 0.1) is 5.41 Å². The van der Waals surface area contributed by atoms with Gasteiger partial charge in [-0.2, -0.15) is 0 Å². The molecule has 0 saturated carbocycles. The molecule has 0 spiro atoms. The molecule has 0 unspecified atom stereocenters. The topological polar surface area (TPSA) is 35.9 Å². The molecule has 3 rings (SSSR count). The first kappa shape index (κ1) is 17.7. The van der Waals surface area contributed by atoms with Crippen molar-refractivity contribution in [1.29, 1.82) is 0 Å². The number of rotatable bonds is 6. The summed E-state index contributed by atoms with van der Waals surface area (Å²) in [4.78, 5) is 5.16. The Hall–Kier alpha value is -1.10. The molecule has 0 aliphatic carbocycles. The van der Waals surface area contributed by atoms with Gasteiger partial charge in [-0.1, -0.05) is 18.2 Å². The lowest BCUT2D eigenvalue weighted by Gasteiger charge is -2.47. The van der Waals surface area contributed by atoms with Crippen molar-refractivity contribution < 1.29 is 9.84 Å². The van der Waals surface area contributed by atoms with Crippen molar-refractivity contribution in [3.8, 4) is 0 Å². The minimum atomic E-state index is 0.0465. The second kappa shape index (κ2) is 8.32. The van der Waals surface area contributed by atoms with Gasteiger partial charge in [-0.05, 0) is 50.8 Å². The zero-order valence-corrected chi connectivity index (χ0v) is 15.0. The summed E-state index contributed by atoms with van der Waals surface area (Å²) in [7, 11) is 1.75. The molecule has 1 aromatic rings. The summed E-state index contributed by atoms with van der Waals surface area (Å²) in [5, 5.41) is 9.98. The number of aliphatic hydroxyl groups excluding tert-OH is 1. The van der Waals surface area contributed by atoms with E-state index in [0.717, 1.165) is 39.1 Å². The van der Waals surface area contributed by atoms with Crippen molar-refractivity contribution in [3.05, 3.63) is 30.3 Å². The summed E-state index contributed by atoms with van der Waals surface area (Å²) in [5.74, 6) is 0. The number of piperidine rings is 2. The van der Waals surface area contributed by atoms with Crippen molar-refractivity contribution in [1.82, 2.24) is 4.90 Å². The van der Waals surface area contributed by atoms with Crippen LogP contribution in [0.1, 0.15) is 32.1 Å². The minimum absolute atomic E-state index is 0.0465. The number of likely N-dealkylation sites (tertiary alicyclic amines) is 1. The van der Waals surface area contributed by atoms with E-state index in [1.165, 1.54) is 31.5 Å². The molecule has 0 radical (unpaired) electrons. The SMILES string of the molecule is COCC[C@@]1(CO)CCCN(C2CCN(c3ccccc3)CC2)C1. The Bertz CT molecular complexity index is 488. The summed E-state index contributed by atoms with van der Waals surface area (Å²) in [6.45, 7) is 5.52. The molecule has 1 N–H and O–H groups in total. The molecule has 1 atom stereocenters. The second-order valence-electron chi connectivity index (χ2n) is 7.53. The maximum Gasteiger partial charge on any atom is 0.0500 e. The lowest BCUT2D eigenvalue weighted by atomic mass is 9.77. The third-order valence-corrected chi connectivity index (χ3v) is 5.97. The van der Waals surface area contributed by atoms with Gasteiger partial charge in [0.1, 0.15) is 0 Å². The molecule has 134 valence electrons. The van der Waals surface area contributed by atoms with Crippen LogP contribution in [0.15, 0.2) is 30.3 Å². The standard InChI is InChI=1S/C20H32N2O2/c1-24-15-11-20(17-23)10-5-12-22(16-20)19-8-13-21(14-9-19)18-6-3-2-4-7-18/h2-4,6-7,19,23H,5,8-17H2,1H3/t20-/m0/s1. The highest BCUT2D eigenvalue weighted by molar-refractivity contribution is 5.46. The van der Waals surface area contributed by atoms with E-state index in [1.54, 1.807) is 7.11 Å². The van der Waals surface area contributed by atoms with Crippen molar-refractivity contribution in [2.24, 2.45) is 5.41 Å². The Morgan fingerprint density at radius 2 is 1.92 bits per heavy atom. The minimum Gasteiger partial charge on any atom is -0.396 e. The Morgan fingerprint density at radius 3 is 2.58 bits per heavy atom. The van der Waals surface area contributed by atoms with E-state index in [0.29, 0.717) is 6.04 Å². The van der Waals surface area contributed by atoms with Gasteiger partial charge in [0.15, 0.2) is 0 Å². The summed E-state index contributed by atoms with van der Waals surface area (Å²) >= 11 is 0. The van der Waals surface area contributed by atoms with E-state index < -0.39 is 0 Å². The molecule has 2 aliphatic heterocycles. The molecule has 2 heterocycles. The number of anilines is 1. The number of nitrogens with zero attached hydrogens (tertiary/aromatic N) is 2. The number of benzene rings is 1. The van der Waals surface area contributed by atoms with Gasteiger partial charge in [-0.25, -0.2) is 0 Å². The molecule has 2 fully saturated rings. The van der Waals surface area contributed by atoms with Gasteiger partial charge < -0.3 is 14.7 Å². The maximum atomic E-state index is 9.98. The van der Waals surface area contributed by atoms with Gasteiger partial charge in [-0.15, -0.1) is 0 Å². The van der Waals surface area contributed by atoms with E-state index in [4.69, 9.17) is 4.74 Å². The second-order valence-corrected chi connectivity index (χ2v) is 7.53. The van der Waals surface area contributed by atoms with Gasteiger partial charge in [0.25, 0.3) is 0 Å². The fourth-order valence-electron chi connectivity index (χ4n) is 4.42. The van der Waals surface area contributed by atoms with Crippen LogP contribution < -0.4 is 4.90 Å². The van der Waals surface area contributed by atoms with Crippen LogP contribution in [-0.4, -0.2) is 62.6 Å². The maximum absolute atomic E-state index is 9.98.